The van der Waals surface area contributed by atoms with Crippen molar-refractivity contribution in [3.63, 3.8) is 0 Å². The van der Waals surface area contributed by atoms with Crippen LogP contribution in [0.2, 0.25) is 2.82 Å². The van der Waals surface area contributed by atoms with Gasteiger partial charge < -0.3 is 28.4 Å². The fourth-order valence-corrected chi connectivity index (χ4v) is 8.34. The highest BCUT2D eigenvalue weighted by Crippen LogP contribution is 2.38. The van der Waals surface area contributed by atoms with Crippen LogP contribution >= 0.6 is 47.8 Å². The molecule has 0 saturated carbocycles. The van der Waals surface area contributed by atoms with Gasteiger partial charge in [-0.05, 0) is 110 Å². The number of hydrogen-bond donors (Lipinski definition) is 6. The summed E-state index contributed by atoms with van der Waals surface area (Å²) in [5, 5.41) is 0. The van der Waals surface area contributed by atoms with Gasteiger partial charge in [-0.15, -0.1) is 0 Å². The first kappa shape index (κ1) is 34.1. The second-order valence-corrected chi connectivity index (χ2v) is 22.7. The number of anilines is 3. The van der Waals surface area contributed by atoms with Crippen LogP contribution in [0.4, 0.5) is 17.5 Å². The number of ether oxygens (including phenoxy) is 6. The number of aromatic nitrogens is 12. The maximum atomic E-state index is 13.3. The average molecular weight is 1620 g/mol. The van der Waals surface area contributed by atoms with E-state index in [1.54, 1.807) is 9.44 Å². The van der Waals surface area contributed by atoms with E-state index in [1.165, 1.54) is 32.4 Å². The molecule has 9 rings (SSSR count). The van der Waals surface area contributed by atoms with Gasteiger partial charge in [0.1, 0.15) is 63.8 Å². The average Bonchev–Trinajstić information content (AvgIpc) is 0.728. The van der Waals surface area contributed by atoms with Crippen LogP contribution in [-0.4, -0.2) is 144 Å². The van der Waals surface area contributed by atoms with Crippen LogP contribution in [0, 0.1) is 20.8 Å². The molecule has 0 unspecified atom stereocenters. The summed E-state index contributed by atoms with van der Waals surface area (Å²) < 4.78 is 475. The van der Waals surface area contributed by atoms with E-state index in [4.69, 9.17) is 90.2 Å². The van der Waals surface area contributed by atoms with Gasteiger partial charge in [0.15, 0.2) is 18.9 Å². The molecule has 510 valence electrons. The van der Waals surface area contributed by atoms with Crippen molar-refractivity contribution >= 4 is 95.9 Å². The van der Waals surface area contributed by atoms with Crippen molar-refractivity contribution in [3.05, 3.63) is 159 Å². The number of nitrogens with one attached hydrogen (secondary N) is 6. The first-order valence-corrected chi connectivity index (χ1v) is 31.8. The zero-order valence-electron chi connectivity index (χ0n) is 93.7. The lowest BCUT2D eigenvalue weighted by Gasteiger charge is -2.15. The molecule has 0 atom stereocenters. The zero-order chi connectivity index (χ0) is 109. The molecule has 0 bridgehead atoms. The molecule has 0 spiro atoms. The molecule has 9 aromatic rings. The molecule has 6 heterocycles. The highest BCUT2D eigenvalue weighted by Gasteiger charge is 2.23. The first-order chi connectivity index (χ1) is 63.6. The molecule has 0 aliphatic heterocycles. The predicted molar refractivity (Wildman–Crippen MR) is 371 cm³/mol. The Morgan fingerprint density at radius 2 is 0.708 bits per heavy atom. The van der Waals surface area contributed by atoms with Crippen molar-refractivity contribution < 1.29 is 115 Å². The highest BCUT2D eigenvalue weighted by atomic mass is 79.9. The topological polar surface area (TPSA) is 385 Å². The van der Waals surface area contributed by atoms with Gasteiger partial charge in [0, 0.05) is 83.7 Å². The van der Waals surface area contributed by atoms with Crippen molar-refractivity contribution in [1.82, 2.24) is 74.0 Å². The summed E-state index contributed by atoms with van der Waals surface area (Å²) in [5.74, 6) is -7.33. The van der Waals surface area contributed by atoms with Gasteiger partial charge in [-0.1, -0.05) is 105 Å². The van der Waals surface area contributed by atoms with E-state index in [2.05, 4.69) is 108 Å². The summed E-state index contributed by atoms with van der Waals surface area (Å²) >= 11 is 8.65. The summed E-state index contributed by atoms with van der Waals surface area (Å²) in [6, 6.07) is -12.9. The van der Waals surface area contributed by atoms with Gasteiger partial charge >= 0.3 is 18.0 Å². The maximum Gasteiger partial charge on any atom is 0.316 e. The Bertz CT molecular complexity index is 6630. The van der Waals surface area contributed by atoms with Gasteiger partial charge in [-0.3, -0.25) is 14.2 Å². The summed E-state index contributed by atoms with van der Waals surface area (Å²) in [7, 11) is -16.0. The van der Waals surface area contributed by atoms with Gasteiger partial charge in [-0.2, -0.15) is 39.4 Å². The molecule has 0 saturated heterocycles. The molecule has 96 heavy (non-hydrogen) atoms. The van der Waals surface area contributed by atoms with Crippen molar-refractivity contribution in [1.29, 1.82) is 0 Å². The molecule has 0 fully saturated rings. The van der Waals surface area contributed by atoms with Gasteiger partial charge in [0.2, 0.25) is 17.6 Å². The molecule has 0 amide bonds. The largest absolute Gasteiger partial charge is 0.473 e. The molecule has 0 aliphatic rings. The second-order valence-electron chi connectivity index (χ2n) is 16.2. The molecule has 3 aromatic carbocycles. The second kappa shape index (κ2) is 37.7. The van der Waals surface area contributed by atoms with Crippen LogP contribution < -0.4 is 56.7 Å². The quantitative estimate of drug-likeness (QED) is 0.0223. The van der Waals surface area contributed by atoms with Crippen LogP contribution in [0.15, 0.2) is 142 Å². The number of halogens is 3. The maximum absolute atomic E-state index is 13.3. The lowest BCUT2D eigenvalue weighted by Crippen LogP contribution is -2.31. The minimum absolute atomic E-state index is 0.00665. The Morgan fingerprint density at radius 3 is 1.03 bits per heavy atom. The number of benzene rings is 3. The van der Waals surface area contributed by atoms with Crippen molar-refractivity contribution in [2.75, 3.05) is 73.0 Å². The van der Waals surface area contributed by atoms with Gasteiger partial charge in [0.05, 0.1) is 57.8 Å². The van der Waals surface area contributed by atoms with Crippen molar-refractivity contribution in [2.45, 2.75) is 60.7 Å². The highest BCUT2D eigenvalue weighted by molar-refractivity contribution is 9.11. The van der Waals surface area contributed by atoms with Crippen LogP contribution in [0.5, 0.6) is 35.7 Å². The predicted octanol–water partition coefficient (Wildman–Crippen LogP) is 9.36. The summed E-state index contributed by atoms with van der Waals surface area (Å²) in [6.07, 6.45) is -13.0. The first-order valence-electron chi connectivity index (χ1n) is 47.5. The molecule has 6 N–H and O–H groups in total. The number of nitrogens with zero attached hydrogens (tertiary/aromatic N) is 12. The number of hydrogen-bond acceptors (Lipinski definition) is 24. The van der Waals surface area contributed by atoms with Crippen LogP contribution in [0.3, 0.4) is 0 Å². The van der Waals surface area contributed by atoms with Gasteiger partial charge in [-0.25, -0.2) is 59.8 Å². The molecule has 0 radical (unpaired) electrons. The van der Waals surface area contributed by atoms with Crippen LogP contribution in [0.25, 0.3) is 33.4 Å². The fourth-order valence-electron chi connectivity index (χ4n) is 5.67. The Morgan fingerprint density at radius 1 is 0.406 bits per heavy atom. The molecular formula is C60H69Br3N18O12S3. The van der Waals surface area contributed by atoms with E-state index in [-0.39, 0.29) is 32.1 Å². The van der Waals surface area contributed by atoms with E-state index >= 15 is 0 Å². The van der Waals surface area contributed by atoms with Crippen molar-refractivity contribution in [3.8, 4) is 69.1 Å². The Hall–Kier alpha value is -8.49. The molecule has 30 nitrogen and oxygen atoms in total. The third-order valence-electron chi connectivity index (χ3n) is 9.35. The molecular weight excluding hydrogens is 1500 g/mol. The summed E-state index contributed by atoms with van der Waals surface area (Å²) in [5.41, 5.74) is -5.71. The molecule has 36 heteroatoms. The van der Waals surface area contributed by atoms with E-state index < -0.39 is 331 Å². The minimum Gasteiger partial charge on any atom is -0.473 e. The van der Waals surface area contributed by atoms with Crippen LogP contribution in [-0.2, 0) is 30.6 Å². The van der Waals surface area contributed by atoms with E-state index in [9.17, 15) is 25.3 Å². The minimum atomic E-state index is -5.89. The summed E-state index contributed by atoms with van der Waals surface area (Å²) in [4.78, 5) is 42.4. The lowest BCUT2D eigenvalue weighted by atomic mass is 10.1. The smallest absolute Gasteiger partial charge is 0.316 e. The van der Waals surface area contributed by atoms with Crippen LogP contribution in [0.1, 0.15) is 116 Å². The van der Waals surface area contributed by atoms with E-state index in [0.29, 0.717) is 6.92 Å². The Balaban J connectivity index is 0.000000288. The SMILES string of the molecule is [2H]c1nc(NS(=O)(=O)NC([2H])([2H])C([2H])([2H])C)c(-c2c([2H])c([2H])c(Br)c([2H])c2[2H])c(OC([2H])([2H])C([2H])([2H])Oc2nc([2H])c(C)c([2H])n2)n1.[2H]c1nc(NS(=O)(=O)NC([2H])([2H])CC)c(-c2c([2H])c([2H])c(Br)c([2H])c2[2H])c(OC([2H])([2H])C([2H])([2H])Oc2nc([2H])c(C)c([2H])n2)n1.[2H]c1nc(OC([2H])([2H])C([2H])([2H])Oc2nc([2H])c(C)c([2H])n2)c(-c2c([2H])c([2H])c(Br)c([2H])c2[2H])c(N([2H])S(=O)(=O)N([2H])C([2H])([2H])C([2H])([2H])C)n1. The molecule has 0 aliphatic carbocycles. The van der Waals surface area contributed by atoms with E-state index in [1.807, 2.05) is 4.72 Å². The Labute approximate surface area is 645 Å². The fraction of sp³-hybridized carbons (Fsp3) is 0.300. The monoisotopic (exact) mass is 1610 g/mol. The third kappa shape index (κ3) is 24.9. The van der Waals surface area contributed by atoms with Gasteiger partial charge in [0.25, 0.3) is 30.6 Å². The zero-order valence-corrected chi connectivity index (χ0v) is 55.9. The van der Waals surface area contributed by atoms with E-state index in [0.717, 1.165) is 6.92 Å². The lowest BCUT2D eigenvalue weighted by molar-refractivity contribution is 0.202. The standard InChI is InChI=1S/3C20H23BrN6O4S/c3*1-3-8-26-32(28,29)27-18-17(15-4-6-16(21)7-5-15)19(25-13-24-18)30-9-10-31-20-22-11-14(2)12-23-20/h3*4-7,11-13,26H,3,8-10H2,1-2H3,(H,24,25,27)/i2*3D2,4D,5D,6D,7D,8D2,9D2,10D2,11D,12D,13D;4D,5D,6D,7D,8D2,9D2,10D2,11D,12D,13D/hD2. The summed E-state index contributed by atoms with van der Waals surface area (Å²) in [6.45, 7) is -24.9. The van der Waals surface area contributed by atoms with Crippen molar-refractivity contribution in [2.24, 2.45) is 0 Å². The molecule has 6 aromatic heterocycles. The third-order valence-corrected chi connectivity index (χ3v) is 13.0. The number of rotatable bonds is 33. The normalized spacial score (nSPS) is 19.7. The Kier molecular flexibility index (Phi) is 13.4.